The summed E-state index contributed by atoms with van der Waals surface area (Å²) >= 11 is 0. The van der Waals surface area contributed by atoms with Crippen LogP contribution in [0.2, 0.25) is 0 Å². The van der Waals surface area contributed by atoms with Gasteiger partial charge in [-0.3, -0.25) is 0 Å². The Hall–Kier alpha value is -0.380. The van der Waals surface area contributed by atoms with E-state index in [4.69, 9.17) is 9.84 Å². The average Bonchev–Trinajstić information content (AvgIpc) is 2.10. The van der Waals surface area contributed by atoms with Gasteiger partial charge in [-0.05, 0) is 6.92 Å². The maximum Gasteiger partial charge on any atom is 0.0672 e. The molecule has 0 aliphatic carbocycles. The van der Waals surface area contributed by atoms with Crippen molar-refractivity contribution in [3.63, 3.8) is 0 Å². The highest BCUT2D eigenvalue weighted by Gasteiger charge is 2.14. The van der Waals surface area contributed by atoms with E-state index < -0.39 is 0 Å². The van der Waals surface area contributed by atoms with Gasteiger partial charge in [0.15, 0.2) is 0 Å². The first-order valence-corrected chi connectivity index (χ1v) is 5.01. The van der Waals surface area contributed by atoms with Crippen LogP contribution in [0.5, 0.6) is 0 Å². The fraction of sp³-hybridized carbons (Fsp3) is 0.818. The Kier molecular flexibility index (Phi) is 6.79. The molecule has 0 spiro atoms. The zero-order chi connectivity index (χ0) is 11.0. The molecule has 0 rings (SSSR count). The minimum absolute atomic E-state index is 0.0473. The van der Waals surface area contributed by atoms with Crippen LogP contribution in [0.25, 0.3) is 0 Å². The lowest BCUT2D eigenvalue weighted by atomic mass is 9.95. The molecule has 84 valence electrons. The Labute approximate surface area is 87.2 Å². The highest BCUT2D eigenvalue weighted by molar-refractivity contribution is 4.87. The average molecular weight is 201 g/mol. The van der Waals surface area contributed by atoms with E-state index >= 15 is 0 Å². The molecule has 0 aliphatic heterocycles. The molecule has 0 radical (unpaired) electrons. The Morgan fingerprint density at radius 2 is 2.14 bits per heavy atom. The molecule has 0 saturated heterocycles. The molecular weight excluding hydrogens is 178 g/mol. The lowest BCUT2D eigenvalue weighted by molar-refractivity contribution is 0.137. The number of nitrogens with one attached hydrogen (secondary N) is 1. The summed E-state index contributed by atoms with van der Waals surface area (Å²) in [6, 6.07) is 0. The Bertz CT molecular complexity index is 167. The first-order valence-electron chi connectivity index (χ1n) is 5.01. The molecule has 0 unspecified atom stereocenters. The van der Waals surface area contributed by atoms with Crippen LogP contribution in [0.3, 0.4) is 0 Å². The Morgan fingerprint density at radius 3 is 2.64 bits per heavy atom. The second kappa shape index (κ2) is 6.98. The van der Waals surface area contributed by atoms with E-state index in [1.54, 1.807) is 0 Å². The molecule has 0 bridgehead atoms. The van der Waals surface area contributed by atoms with Crippen molar-refractivity contribution in [2.24, 2.45) is 5.41 Å². The SMILES string of the molecule is C=C(C)COCCNCC(C)(C)CO. The van der Waals surface area contributed by atoms with E-state index in [-0.39, 0.29) is 12.0 Å². The first-order chi connectivity index (χ1) is 6.48. The summed E-state index contributed by atoms with van der Waals surface area (Å²) in [6.07, 6.45) is 0. The summed E-state index contributed by atoms with van der Waals surface area (Å²) in [6.45, 7) is 12.9. The molecule has 0 atom stereocenters. The van der Waals surface area contributed by atoms with Gasteiger partial charge in [-0.2, -0.15) is 0 Å². The third-order valence-corrected chi connectivity index (χ3v) is 1.80. The third kappa shape index (κ3) is 8.23. The van der Waals surface area contributed by atoms with Crippen molar-refractivity contribution >= 4 is 0 Å². The minimum atomic E-state index is -0.0473. The molecule has 0 aromatic rings. The van der Waals surface area contributed by atoms with Crippen LogP contribution in [0.4, 0.5) is 0 Å². The Morgan fingerprint density at radius 1 is 1.50 bits per heavy atom. The van der Waals surface area contributed by atoms with Crippen LogP contribution >= 0.6 is 0 Å². The summed E-state index contributed by atoms with van der Waals surface area (Å²) < 4.78 is 5.32. The van der Waals surface area contributed by atoms with Gasteiger partial charge in [0.25, 0.3) is 0 Å². The van der Waals surface area contributed by atoms with E-state index in [0.717, 1.165) is 18.7 Å². The molecule has 0 heterocycles. The fourth-order valence-corrected chi connectivity index (χ4v) is 0.873. The normalized spacial score (nSPS) is 11.7. The fourth-order valence-electron chi connectivity index (χ4n) is 0.873. The van der Waals surface area contributed by atoms with Crippen LogP contribution in [0, 0.1) is 5.41 Å². The van der Waals surface area contributed by atoms with Crippen LogP contribution in [-0.2, 0) is 4.74 Å². The van der Waals surface area contributed by atoms with Gasteiger partial charge in [-0.25, -0.2) is 0 Å². The van der Waals surface area contributed by atoms with E-state index in [2.05, 4.69) is 11.9 Å². The Balaban J connectivity index is 3.25. The number of aliphatic hydroxyl groups is 1. The number of hydrogen-bond donors (Lipinski definition) is 2. The summed E-state index contributed by atoms with van der Waals surface area (Å²) in [4.78, 5) is 0. The molecule has 2 N–H and O–H groups in total. The van der Waals surface area contributed by atoms with Gasteiger partial charge in [0.1, 0.15) is 0 Å². The molecule has 0 aromatic heterocycles. The van der Waals surface area contributed by atoms with Gasteiger partial charge >= 0.3 is 0 Å². The van der Waals surface area contributed by atoms with Gasteiger partial charge < -0.3 is 15.2 Å². The zero-order valence-electron chi connectivity index (χ0n) is 9.60. The number of rotatable bonds is 8. The summed E-state index contributed by atoms with van der Waals surface area (Å²) in [5, 5.41) is 12.2. The first kappa shape index (κ1) is 13.6. The third-order valence-electron chi connectivity index (χ3n) is 1.80. The molecule has 3 nitrogen and oxygen atoms in total. The summed E-state index contributed by atoms with van der Waals surface area (Å²) in [7, 11) is 0. The van der Waals surface area contributed by atoms with E-state index in [0.29, 0.717) is 13.2 Å². The van der Waals surface area contributed by atoms with Crippen LogP contribution in [0.1, 0.15) is 20.8 Å². The molecule has 0 fully saturated rings. The number of ether oxygens (including phenoxy) is 1. The minimum Gasteiger partial charge on any atom is -0.396 e. The maximum absolute atomic E-state index is 8.99. The van der Waals surface area contributed by atoms with Crippen LogP contribution in [0.15, 0.2) is 12.2 Å². The zero-order valence-corrected chi connectivity index (χ0v) is 9.60. The standard InChI is InChI=1S/C11H23NO2/c1-10(2)7-14-6-5-12-8-11(3,4)9-13/h12-13H,1,5-9H2,2-4H3. The molecule has 0 saturated carbocycles. The predicted octanol–water partition coefficient (Wildman–Crippen LogP) is 1.19. The molecule has 0 amide bonds. The van der Waals surface area contributed by atoms with Crippen molar-refractivity contribution in [2.75, 3.05) is 32.9 Å². The van der Waals surface area contributed by atoms with Crippen molar-refractivity contribution < 1.29 is 9.84 Å². The number of aliphatic hydroxyl groups excluding tert-OH is 1. The molecule has 0 aromatic carbocycles. The van der Waals surface area contributed by atoms with E-state index in [1.165, 1.54) is 0 Å². The monoisotopic (exact) mass is 201 g/mol. The lowest BCUT2D eigenvalue weighted by Gasteiger charge is -2.21. The van der Waals surface area contributed by atoms with Crippen molar-refractivity contribution in [3.05, 3.63) is 12.2 Å². The molecular formula is C11H23NO2. The van der Waals surface area contributed by atoms with E-state index in [1.807, 2.05) is 20.8 Å². The largest absolute Gasteiger partial charge is 0.396 e. The second-order valence-corrected chi connectivity index (χ2v) is 4.51. The quantitative estimate of drug-likeness (QED) is 0.458. The second-order valence-electron chi connectivity index (χ2n) is 4.51. The highest BCUT2D eigenvalue weighted by Crippen LogP contribution is 2.10. The summed E-state index contributed by atoms with van der Waals surface area (Å²) in [5.41, 5.74) is 0.995. The number of hydrogen-bond acceptors (Lipinski definition) is 3. The van der Waals surface area contributed by atoms with Crippen molar-refractivity contribution in [2.45, 2.75) is 20.8 Å². The van der Waals surface area contributed by atoms with Gasteiger partial charge in [0.2, 0.25) is 0 Å². The van der Waals surface area contributed by atoms with Crippen molar-refractivity contribution in [1.29, 1.82) is 0 Å². The van der Waals surface area contributed by atoms with Gasteiger partial charge in [0.05, 0.1) is 13.2 Å². The van der Waals surface area contributed by atoms with Gasteiger partial charge in [-0.15, -0.1) is 0 Å². The lowest BCUT2D eigenvalue weighted by Crippen LogP contribution is -2.34. The van der Waals surface area contributed by atoms with Gasteiger partial charge in [0, 0.05) is 25.1 Å². The van der Waals surface area contributed by atoms with Gasteiger partial charge in [-0.1, -0.05) is 26.0 Å². The van der Waals surface area contributed by atoms with Crippen molar-refractivity contribution in [1.82, 2.24) is 5.32 Å². The van der Waals surface area contributed by atoms with Crippen LogP contribution < -0.4 is 5.32 Å². The topological polar surface area (TPSA) is 41.5 Å². The smallest absolute Gasteiger partial charge is 0.0672 e. The highest BCUT2D eigenvalue weighted by atomic mass is 16.5. The van der Waals surface area contributed by atoms with Crippen molar-refractivity contribution in [3.8, 4) is 0 Å². The molecule has 0 aliphatic rings. The predicted molar refractivity (Wildman–Crippen MR) is 59.4 cm³/mol. The molecule has 3 heteroatoms. The summed E-state index contributed by atoms with van der Waals surface area (Å²) in [5.74, 6) is 0. The van der Waals surface area contributed by atoms with E-state index in [9.17, 15) is 0 Å². The molecule has 14 heavy (non-hydrogen) atoms. The van der Waals surface area contributed by atoms with Crippen LogP contribution in [-0.4, -0.2) is 38.0 Å². The maximum atomic E-state index is 8.99.